The average molecular weight is 75.1 g/mol. The van der Waals surface area contributed by atoms with Gasteiger partial charge in [-0.2, -0.15) is 0 Å². The van der Waals surface area contributed by atoms with Crippen molar-refractivity contribution in [3.8, 4) is 0 Å². The maximum absolute atomic E-state index is 10.7. The molecule has 5 heavy (non-hydrogen) atoms. The molecule has 0 aliphatic carbocycles. The van der Waals surface area contributed by atoms with Gasteiger partial charge in [-0.3, -0.25) is 0 Å². The van der Waals surface area contributed by atoms with E-state index < -0.39 is 0 Å². The second-order valence-corrected chi connectivity index (χ2v) is 0.597. The Bertz CT molecular complexity index is 33.9. The molecule has 2 N–H and O–H groups in total. The lowest BCUT2D eigenvalue weighted by atomic mass is 10.7. The van der Waals surface area contributed by atoms with E-state index in [1.165, 1.54) is 6.08 Å². The number of rotatable bonds is 1. The standard InChI is InChI=1S/C3H6FN/c4-2-1-3-5/h1-2H,3,5H2/b2-1+. The van der Waals surface area contributed by atoms with E-state index in [1.54, 1.807) is 0 Å². The van der Waals surface area contributed by atoms with Crippen LogP contribution in [0.2, 0.25) is 0 Å². The number of hydrogen-bond donors (Lipinski definition) is 1. The van der Waals surface area contributed by atoms with Crippen LogP contribution in [0.1, 0.15) is 0 Å². The molecule has 0 bridgehead atoms. The highest BCUT2D eigenvalue weighted by Crippen LogP contribution is 1.63. The molecule has 0 saturated carbocycles. The number of halogens is 1. The van der Waals surface area contributed by atoms with Crippen LogP contribution in [0.3, 0.4) is 0 Å². The van der Waals surface area contributed by atoms with Crippen LogP contribution < -0.4 is 5.73 Å². The molecule has 0 aromatic carbocycles. The summed E-state index contributed by atoms with van der Waals surface area (Å²) in [6.07, 6.45) is 1.67. The lowest BCUT2D eigenvalue weighted by Crippen LogP contribution is -1.90. The Morgan fingerprint density at radius 3 is 2.40 bits per heavy atom. The zero-order valence-electron chi connectivity index (χ0n) is 2.82. The molecule has 0 heterocycles. The molecule has 0 rings (SSSR count). The van der Waals surface area contributed by atoms with Crippen LogP contribution in [0.25, 0.3) is 0 Å². The summed E-state index contributed by atoms with van der Waals surface area (Å²) in [5.41, 5.74) is 4.81. The Morgan fingerprint density at radius 2 is 2.40 bits per heavy atom. The summed E-state index contributed by atoms with van der Waals surface area (Å²) in [6, 6.07) is 0. The Morgan fingerprint density at radius 1 is 1.80 bits per heavy atom. The number of hydrogen-bond acceptors (Lipinski definition) is 1. The van der Waals surface area contributed by atoms with E-state index in [0.717, 1.165) is 0 Å². The van der Waals surface area contributed by atoms with Crippen molar-refractivity contribution in [2.75, 3.05) is 6.54 Å². The van der Waals surface area contributed by atoms with Crippen molar-refractivity contribution >= 4 is 0 Å². The lowest BCUT2D eigenvalue weighted by Gasteiger charge is -1.64. The van der Waals surface area contributed by atoms with Crippen molar-refractivity contribution in [3.05, 3.63) is 12.4 Å². The van der Waals surface area contributed by atoms with Crippen LogP contribution in [0.5, 0.6) is 0 Å². The molecular formula is C3H6FN. The van der Waals surface area contributed by atoms with Gasteiger partial charge in [0.1, 0.15) is 0 Å². The predicted molar refractivity (Wildman–Crippen MR) is 19.3 cm³/mol. The van der Waals surface area contributed by atoms with E-state index in [2.05, 4.69) is 0 Å². The summed E-state index contributed by atoms with van der Waals surface area (Å²) in [5, 5.41) is 0. The molecule has 0 spiro atoms. The van der Waals surface area contributed by atoms with Gasteiger partial charge in [0.25, 0.3) is 0 Å². The fourth-order valence-electron chi connectivity index (χ4n) is 0.0514. The second-order valence-electron chi connectivity index (χ2n) is 0.597. The van der Waals surface area contributed by atoms with E-state index in [4.69, 9.17) is 5.73 Å². The van der Waals surface area contributed by atoms with Gasteiger partial charge in [-0.1, -0.05) is 0 Å². The average Bonchev–Trinajstić information content (AvgIpc) is 1.41. The summed E-state index contributed by atoms with van der Waals surface area (Å²) in [5.74, 6) is 0. The second kappa shape index (κ2) is 3.63. The van der Waals surface area contributed by atoms with Crippen LogP contribution in [0.15, 0.2) is 12.4 Å². The van der Waals surface area contributed by atoms with Gasteiger partial charge < -0.3 is 5.73 Å². The van der Waals surface area contributed by atoms with Crippen LogP contribution in [-0.4, -0.2) is 6.54 Å². The molecule has 0 saturated heterocycles. The van der Waals surface area contributed by atoms with E-state index in [9.17, 15) is 4.39 Å². The normalized spacial score (nSPS) is 10.0. The molecule has 0 atom stereocenters. The van der Waals surface area contributed by atoms with Crippen LogP contribution in [0.4, 0.5) is 4.39 Å². The molecule has 0 amide bonds. The van der Waals surface area contributed by atoms with E-state index >= 15 is 0 Å². The third-order valence-electron chi connectivity index (χ3n) is 0.225. The Labute approximate surface area is 30.3 Å². The molecular weight excluding hydrogens is 69.0 g/mol. The highest BCUT2D eigenvalue weighted by atomic mass is 19.1. The van der Waals surface area contributed by atoms with E-state index in [-0.39, 0.29) is 6.54 Å². The Balaban J connectivity index is 2.62. The maximum atomic E-state index is 10.7. The topological polar surface area (TPSA) is 26.0 Å². The molecule has 0 unspecified atom stereocenters. The van der Waals surface area contributed by atoms with Gasteiger partial charge in [-0.05, 0) is 6.08 Å². The molecule has 0 aliphatic heterocycles. The molecule has 0 aliphatic rings. The van der Waals surface area contributed by atoms with Crippen molar-refractivity contribution in [1.29, 1.82) is 0 Å². The minimum atomic E-state index is 0.288. The minimum absolute atomic E-state index is 0.288. The maximum Gasteiger partial charge on any atom is 0.0839 e. The molecule has 0 aromatic heterocycles. The lowest BCUT2D eigenvalue weighted by molar-refractivity contribution is 0.717. The van der Waals surface area contributed by atoms with Crippen molar-refractivity contribution in [2.24, 2.45) is 5.73 Å². The first-order valence-electron chi connectivity index (χ1n) is 1.37. The molecule has 0 radical (unpaired) electrons. The van der Waals surface area contributed by atoms with Gasteiger partial charge in [0.15, 0.2) is 0 Å². The summed E-state index contributed by atoms with van der Waals surface area (Å²) in [6.45, 7) is 0.288. The summed E-state index contributed by atoms with van der Waals surface area (Å²) in [4.78, 5) is 0. The summed E-state index contributed by atoms with van der Waals surface area (Å²) < 4.78 is 10.7. The first-order valence-corrected chi connectivity index (χ1v) is 1.37. The largest absolute Gasteiger partial charge is 0.327 e. The summed E-state index contributed by atoms with van der Waals surface area (Å²) >= 11 is 0. The van der Waals surface area contributed by atoms with Crippen LogP contribution in [0, 0.1) is 0 Å². The fraction of sp³-hybridized carbons (Fsp3) is 0.333. The highest BCUT2D eigenvalue weighted by molar-refractivity contribution is 4.71. The third-order valence-corrected chi connectivity index (χ3v) is 0.225. The van der Waals surface area contributed by atoms with Gasteiger partial charge in [-0.15, -0.1) is 0 Å². The predicted octanol–water partition coefficient (Wildman–Crippen LogP) is 0.428. The van der Waals surface area contributed by atoms with Crippen molar-refractivity contribution < 1.29 is 4.39 Å². The Kier molecular flexibility index (Phi) is 3.36. The highest BCUT2D eigenvalue weighted by Gasteiger charge is 1.54. The SMILES string of the molecule is NC/C=C/F. The van der Waals surface area contributed by atoms with Gasteiger partial charge in [0.2, 0.25) is 0 Å². The molecule has 0 aromatic rings. The van der Waals surface area contributed by atoms with Gasteiger partial charge in [0.05, 0.1) is 6.33 Å². The third kappa shape index (κ3) is 3.63. The van der Waals surface area contributed by atoms with Crippen LogP contribution in [-0.2, 0) is 0 Å². The van der Waals surface area contributed by atoms with Gasteiger partial charge in [0, 0.05) is 6.54 Å². The number of nitrogens with two attached hydrogens (primary N) is 1. The zero-order chi connectivity index (χ0) is 4.12. The monoisotopic (exact) mass is 75.0 g/mol. The van der Waals surface area contributed by atoms with Gasteiger partial charge >= 0.3 is 0 Å². The zero-order valence-corrected chi connectivity index (χ0v) is 2.82. The van der Waals surface area contributed by atoms with Crippen LogP contribution >= 0.6 is 0 Å². The van der Waals surface area contributed by atoms with E-state index in [0.29, 0.717) is 6.33 Å². The van der Waals surface area contributed by atoms with Gasteiger partial charge in [-0.25, -0.2) is 4.39 Å². The molecule has 0 fully saturated rings. The van der Waals surface area contributed by atoms with E-state index in [1.807, 2.05) is 0 Å². The Hall–Kier alpha value is -0.370. The van der Waals surface area contributed by atoms with Crippen molar-refractivity contribution in [2.45, 2.75) is 0 Å². The first kappa shape index (κ1) is 4.63. The fourth-order valence-corrected chi connectivity index (χ4v) is 0.0514. The van der Waals surface area contributed by atoms with Crippen molar-refractivity contribution in [3.63, 3.8) is 0 Å². The molecule has 2 heteroatoms. The molecule has 1 nitrogen and oxygen atoms in total. The quantitative estimate of drug-likeness (QED) is 0.480. The minimum Gasteiger partial charge on any atom is -0.327 e. The smallest absolute Gasteiger partial charge is 0.0839 e. The summed E-state index contributed by atoms with van der Waals surface area (Å²) in [7, 11) is 0. The first-order chi connectivity index (χ1) is 2.41. The van der Waals surface area contributed by atoms with Crippen molar-refractivity contribution in [1.82, 2.24) is 0 Å². The molecule has 30 valence electrons.